The van der Waals surface area contributed by atoms with Crippen molar-refractivity contribution in [3.63, 3.8) is 0 Å². The minimum atomic E-state index is -1.15. The molecule has 2 rings (SSSR count). The summed E-state index contributed by atoms with van der Waals surface area (Å²) < 4.78 is 0. The molecule has 0 spiro atoms. The van der Waals surface area contributed by atoms with Crippen LogP contribution in [0.3, 0.4) is 0 Å². The number of rotatable bonds is 11. The number of aldehydes is 1. The van der Waals surface area contributed by atoms with E-state index < -0.39 is 35.9 Å². The Morgan fingerprint density at radius 1 is 1.15 bits per heavy atom. The molecule has 0 bridgehead atoms. The van der Waals surface area contributed by atoms with E-state index in [1.54, 1.807) is 13.8 Å². The molecule has 1 saturated heterocycles. The van der Waals surface area contributed by atoms with Crippen molar-refractivity contribution in [3.05, 3.63) is 35.4 Å². The standard InChI is InChI=1S/C24H34N4O6/c1-15(2)20(14-29)28(21(30)16-8-10-17(11-9-16)24(33)34)23(32)19-7-5-13-27(19)22(31)18(26)6-3-4-12-25/h8-11,14-15,18-20H,3-7,12-13,25-26H2,1-2H3,(H,33,34)/t18-,19-,20+/m0/s1. The number of benzene rings is 1. The Hall–Kier alpha value is -3.11. The molecule has 3 atom stereocenters. The zero-order chi connectivity index (χ0) is 25.4. The summed E-state index contributed by atoms with van der Waals surface area (Å²) in [4.78, 5) is 65.4. The van der Waals surface area contributed by atoms with Gasteiger partial charge in [0.15, 0.2) is 0 Å². The third-order valence-electron chi connectivity index (χ3n) is 6.06. The molecule has 0 radical (unpaired) electrons. The molecule has 0 saturated carbocycles. The van der Waals surface area contributed by atoms with Crippen LogP contribution in [0.15, 0.2) is 24.3 Å². The maximum atomic E-state index is 13.6. The van der Waals surface area contributed by atoms with Crippen LogP contribution in [-0.2, 0) is 14.4 Å². The summed E-state index contributed by atoms with van der Waals surface area (Å²) in [6.45, 7) is 4.26. The highest BCUT2D eigenvalue weighted by atomic mass is 16.4. The molecule has 0 aromatic heterocycles. The van der Waals surface area contributed by atoms with Gasteiger partial charge >= 0.3 is 5.97 Å². The van der Waals surface area contributed by atoms with Crippen molar-refractivity contribution in [2.24, 2.45) is 17.4 Å². The lowest BCUT2D eigenvalue weighted by molar-refractivity contribution is -0.145. The Bertz CT molecular complexity index is 901. The van der Waals surface area contributed by atoms with E-state index in [1.165, 1.54) is 29.2 Å². The van der Waals surface area contributed by atoms with E-state index in [0.29, 0.717) is 45.1 Å². The summed E-state index contributed by atoms with van der Waals surface area (Å²) in [6.07, 6.45) is 3.34. The first-order chi connectivity index (χ1) is 16.1. The Labute approximate surface area is 199 Å². The zero-order valence-corrected chi connectivity index (χ0v) is 19.7. The highest BCUT2D eigenvalue weighted by molar-refractivity contribution is 6.09. The van der Waals surface area contributed by atoms with Crippen molar-refractivity contribution >= 4 is 30.0 Å². The summed E-state index contributed by atoms with van der Waals surface area (Å²) in [5.74, 6) is -3.24. The Balaban J connectivity index is 2.33. The van der Waals surface area contributed by atoms with Gasteiger partial charge in [0.25, 0.3) is 11.8 Å². The molecule has 3 amide bonds. The fraction of sp³-hybridized carbons (Fsp3) is 0.542. The number of nitrogens with two attached hydrogens (primary N) is 2. The number of imide groups is 1. The number of aromatic carboxylic acids is 1. The largest absolute Gasteiger partial charge is 0.478 e. The van der Waals surface area contributed by atoms with Crippen molar-refractivity contribution in [2.75, 3.05) is 13.1 Å². The van der Waals surface area contributed by atoms with Crippen molar-refractivity contribution < 1.29 is 29.1 Å². The zero-order valence-electron chi connectivity index (χ0n) is 19.7. The number of hydrogen-bond donors (Lipinski definition) is 3. The minimum absolute atomic E-state index is 0.0126. The lowest BCUT2D eigenvalue weighted by Crippen LogP contribution is -2.57. The average molecular weight is 475 g/mol. The van der Waals surface area contributed by atoms with E-state index >= 15 is 0 Å². The van der Waals surface area contributed by atoms with Gasteiger partial charge < -0.3 is 26.3 Å². The summed E-state index contributed by atoms with van der Waals surface area (Å²) in [5, 5.41) is 9.10. The van der Waals surface area contributed by atoms with Gasteiger partial charge in [0, 0.05) is 12.1 Å². The van der Waals surface area contributed by atoms with Crippen LogP contribution in [0.5, 0.6) is 0 Å². The normalized spacial score (nSPS) is 17.3. The SMILES string of the molecule is CC(C)[C@@H](C=O)N(C(=O)c1ccc(C(=O)O)cc1)C(=O)[C@@H]1CCCN1C(=O)[C@@H](N)CCCCN. The van der Waals surface area contributed by atoms with E-state index in [9.17, 15) is 24.0 Å². The van der Waals surface area contributed by atoms with E-state index in [0.717, 1.165) is 11.3 Å². The lowest BCUT2D eigenvalue weighted by atomic mass is 10.00. The molecule has 1 heterocycles. The number of unbranched alkanes of at least 4 members (excludes halogenated alkanes) is 1. The number of carboxylic acids is 1. The van der Waals surface area contributed by atoms with Gasteiger partial charge in [-0.1, -0.05) is 20.3 Å². The molecule has 10 nitrogen and oxygen atoms in total. The smallest absolute Gasteiger partial charge is 0.335 e. The van der Waals surface area contributed by atoms with E-state index in [-0.39, 0.29) is 23.0 Å². The fourth-order valence-electron chi connectivity index (χ4n) is 4.09. The maximum absolute atomic E-state index is 13.6. The van der Waals surface area contributed by atoms with Crippen LogP contribution in [-0.4, -0.2) is 76.1 Å². The first-order valence-corrected chi connectivity index (χ1v) is 11.6. The number of amides is 3. The van der Waals surface area contributed by atoms with E-state index in [4.69, 9.17) is 16.6 Å². The second-order valence-electron chi connectivity index (χ2n) is 8.85. The van der Waals surface area contributed by atoms with Crippen LogP contribution in [0.4, 0.5) is 0 Å². The van der Waals surface area contributed by atoms with Gasteiger partial charge in [-0.2, -0.15) is 0 Å². The van der Waals surface area contributed by atoms with E-state index in [1.807, 2.05) is 0 Å². The highest BCUT2D eigenvalue weighted by Gasteiger charge is 2.42. The van der Waals surface area contributed by atoms with Crippen molar-refractivity contribution in [1.29, 1.82) is 0 Å². The molecule has 10 heteroatoms. The fourth-order valence-corrected chi connectivity index (χ4v) is 4.09. The van der Waals surface area contributed by atoms with Gasteiger partial charge in [0.05, 0.1) is 17.6 Å². The molecular formula is C24H34N4O6. The molecule has 1 aromatic carbocycles. The summed E-state index contributed by atoms with van der Waals surface area (Å²) in [5.41, 5.74) is 11.6. The average Bonchev–Trinajstić information content (AvgIpc) is 3.31. The second-order valence-corrected chi connectivity index (χ2v) is 8.85. The van der Waals surface area contributed by atoms with Crippen LogP contribution in [0.1, 0.15) is 66.7 Å². The minimum Gasteiger partial charge on any atom is -0.478 e. The third-order valence-corrected chi connectivity index (χ3v) is 6.06. The molecule has 1 aliphatic heterocycles. The predicted molar refractivity (Wildman–Crippen MR) is 125 cm³/mol. The van der Waals surface area contributed by atoms with Crippen molar-refractivity contribution in [2.45, 2.75) is 64.1 Å². The molecule has 0 aliphatic carbocycles. The molecule has 0 unspecified atom stereocenters. The molecule has 1 aromatic rings. The third kappa shape index (κ3) is 6.27. The van der Waals surface area contributed by atoms with Crippen LogP contribution in [0.25, 0.3) is 0 Å². The monoisotopic (exact) mass is 474 g/mol. The van der Waals surface area contributed by atoms with Gasteiger partial charge in [0.1, 0.15) is 12.3 Å². The number of likely N-dealkylation sites (tertiary alicyclic amines) is 1. The molecular weight excluding hydrogens is 440 g/mol. The number of carbonyl (C=O) groups is 5. The van der Waals surface area contributed by atoms with Crippen LogP contribution in [0, 0.1) is 5.92 Å². The molecule has 34 heavy (non-hydrogen) atoms. The Kier molecular flexibility index (Phi) is 9.88. The first-order valence-electron chi connectivity index (χ1n) is 11.6. The topological polar surface area (TPSA) is 164 Å². The number of carboxylic acid groups (broad SMARTS) is 1. The van der Waals surface area contributed by atoms with E-state index in [2.05, 4.69) is 0 Å². The molecule has 1 fully saturated rings. The summed E-state index contributed by atoms with van der Waals surface area (Å²) in [7, 11) is 0. The second kappa shape index (κ2) is 12.4. The van der Waals surface area contributed by atoms with Crippen molar-refractivity contribution in [1.82, 2.24) is 9.80 Å². The predicted octanol–water partition coefficient (Wildman–Crippen LogP) is 1.02. The Morgan fingerprint density at radius 2 is 1.76 bits per heavy atom. The van der Waals surface area contributed by atoms with Crippen LogP contribution in [0.2, 0.25) is 0 Å². The summed E-state index contributed by atoms with van der Waals surface area (Å²) in [6, 6.07) is 2.40. The highest BCUT2D eigenvalue weighted by Crippen LogP contribution is 2.24. The van der Waals surface area contributed by atoms with Crippen LogP contribution >= 0.6 is 0 Å². The van der Waals surface area contributed by atoms with Gasteiger partial charge in [-0.25, -0.2) is 4.79 Å². The summed E-state index contributed by atoms with van der Waals surface area (Å²) >= 11 is 0. The first kappa shape index (κ1) is 27.1. The quantitative estimate of drug-likeness (QED) is 0.243. The maximum Gasteiger partial charge on any atom is 0.335 e. The molecule has 186 valence electrons. The molecule has 5 N–H and O–H groups in total. The Morgan fingerprint density at radius 3 is 2.29 bits per heavy atom. The van der Waals surface area contributed by atoms with Crippen molar-refractivity contribution in [3.8, 4) is 0 Å². The lowest BCUT2D eigenvalue weighted by Gasteiger charge is -2.34. The van der Waals surface area contributed by atoms with Gasteiger partial charge in [-0.05, 0) is 62.4 Å². The van der Waals surface area contributed by atoms with Gasteiger partial charge in [0.2, 0.25) is 5.91 Å². The van der Waals surface area contributed by atoms with Crippen LogP contribution < -0.4 is 11.5 Å². The van der Waals surface area contributed by atoms with Gasteiger partial charge in [-0.15, -0.1) is 0 Å². The molecule has 1 aliphatic rings. The number of nitrogens with zero attached hydrogens (tertiary/aromatic N) is 2. The number of hydrogen-bond acceptors (Lipinski definition) is 7. The van der Waals surface area contributed by atoms with Gasteiger partial charge in [-0.3, -0.25) is 19.3 Å². The number of carbonyl (C=O) groups excluding carboxylic acids is 4.